The number of nitrogens with zero attached hydrogens (tertiary/aromatic N) is 5. The molecular weight excluding hydrogens is 478 g/mol. The number of carbonyl (C=O) groups is 3. The number of oxime groups is 1. The number of fused-ring (bicyclic) bond motifs is 1. The molecule has 2 aliphatic heterocycles. The first-order chi connectivity index (χ1) is 15.3. The van der Waals surface area contributed by atoms with Crippen molar-refractivity contribution >= 4 is 63.7 Å². The molecule has 1 aromatic rings. The topological polar surface area (TPSA) is 184 Å². The van der Waals surface area contributed by atoms with Crippen molar-refractivity contribution in [2.75, 3.05) is 30.4 Å². The number of β-lactam (4-membered cyclic amide) rings is 1. The Hall–Kier alpha value is -2.83. The number of carbonyl (C=O) groups excluding carboxylic acids is 2. The number of aromatic nitrogens is 2. The zero-order valence-corrected chi connectivity index (χ0v) is 19.2. The summed E-state index contributed by atoms with van der Waals surface area (Å²) in [7, 11) is 0. The number of amides is 2. The van der Waals surface area contributed by atoms with E-state index < -0.39 is 28.7 Å². The lowest BCUT2D eigenvalue weighted by Gasteiger charge is -2.53. The van der Waals surface area contributed by atoms with Gasteiger partial charge in [0.15, 0.2) is 5.13 Å². The predicted octanol–water partition coefficient (Wildman–Crippen LogP) is 0.102. The Morgan fingerprint density at radius 1 is 1.59 bits per heavy atom. The second-order valence-electron chi connectivity index (χ2n) is 6.76. The summed E-state index contributed by atoms with van der Waals surface area (Å²) in [5.74, 6) is -1.64. The Labute approximate surface area is 195 Å². The third-order valence-electron chi connectivity index (χ3n) is 4.64. The van der Waals surface area contributed by atoms with Crippen molar-refractivity contribution in [3.63, 3.8) is 0 Å². The van der Waals surface area contributed by atoms with Gasteiger partial charge in [-0.3, -0.25) is 14.4 Å². The lowest BCUT2D eigenvalue weighted by atomic mass is 9.89. The fourth-order valence-corrected chi connectivity index (χ4v) is 6.04. The summed E-state index contributed by atoms with van der Waals surface area (Å²) >= 11 is 3.38. The van der Waals surface area contributed by atoms with Crippen LogP contribution in [0.2, 0.25) is 0 Å². The minimum Gasteiger partial charge on any atom is -0.481 e. The van der Waals surface area contributed by atoms with E-state index in [1.54, 1.807) is 6.92 Å². The van der Waals surface area contributed by atoms with Gasteiger partial charge in [-0.05, 0) is 12.3 Å². The maximum Gasteiger partial charge on any atom is 0.313 e. The molecule has 3 atom stereocenters. The van der Waals surface area contributed by atoms with Crippen molar-refractivity contribution < 1.29 is 24.3 Å². The molecule has 0 bridgehead atoms. The number of hydrogen-bond donors (Lipinski definition) is 3. The van der Waals surface area contributed by atoms with E-state index in [1.165, 1.54) is 39.9 Å². The van der Waals surface area contributed by atoms with Crippen LogP contribution in [0.4, 0.5) is 5.13 Å². The highest BCUT2D eigenvalue weighted by Gasteiger charge is 2.57. The summed E-state index contributed by atoms with van der Waals surface area (Å²) in [6.45, 7) is 1.92. The number of carboxylic acids is 1. The van der Waals surface area contributed by atoms with E-state index in [-0.39, 0.29) is 47.2 Å². The fourth-order valence-electron chi connectivity index (χ4n) is 3.05. The standard InChI is InChI=1S/C17H19N7O5S3/c1-2-29-22-9(11-21-16(19)32-23-11)12(25)20-10-13(26)24-6-17(15(27)28,8-31-14(10)24)7-30-5-3-4-18/h3,5,10,14H,2,6-8H2,1H3,(H,20,25)(H,27,28)(H2,19,21,23)/t10?,14-,17?/m1/s1. The summed E-state index contributed by atoms with van der Waals surface area (Å²) in [5.41, 5.74) is 4.22. The third kappa shape index (κ3) is 4.81. The number of thioether (sulfide) groups is 2. The number of aliphatic carboxylic acids is 1. The van der Waals surface area contributed by atoms with Gasteiger partial charge >= 0.3 is 5.97 Å². The van der Waals surface area contributed by atoms with Crippen LogP contribution in [0.5, 0.6) is 0 Å². The van der Waals surface area contributed by atoms with E-state index in [2.05, 4.69) is 19.8 Å². The average Bonchev–Trinajstić information content (AvgIpc) is 3.20. The average molecular weight is 498 g/mol. The SMILES string of the molecule is CCON=C(C(=O)NC1C(=O)N2CC(CSC=CC#N)(C(=O)O)CS[C@H]12)c1nsc(N)n1. The molecule has 12 nitrogen and oxygen atoms in total. The van der Waals surface area contributed by atoms with E-state index in [0.717, 1.165) is 11.5 Å². The van der Waals surface area contributed by atoms with E-state index in [1.807, 2.05) is 6.07 Å². The lowest BCUT2D eigenvalue weighted by Crippen LogP contribution is -2.74. The van der Waals surface area contributed by atoms with Crippen molar-refractivity contribution in [2.45, 2.75) is 18.3 Å². The highest BCUT2D eigenvalue weighted by Crippen LogP contribution is 2.43. The van der Waals surface area contributed by atoms with Gasteiger partial charge < -0.3 is 25.9 Å². The second-order valence-corrected chi connectivity index (χ2v) is 9.54. The number of carboxylic acid groups (broad SMARTS) is 1. The number of anilines is 1. The maximum absolute atomic E-state index is 12.8. The van der Waals surface area contributed by atoms with Gasteiger partial charge in [-0.1, -0.05) is 5.16 Å². The number of nitrogen functional groups attached to an aromatic ring is 1. The first kappa shape index (κ1) is 23.8. The molecule has 32 heavy (non-hydrogen) atoms. The molecule has 0 saturated carbocycles. The first-order valence-electron chi connectivity index (χ1n) is 9.25. The second kappa shape index (κ2) is 10.2. The lowest BCUT2D eigenvalue weighted by molar-refractivity contribution is -0.157. The van der Waals surface area contributed by atoms with E-state index >= 15 is 0 Å². The van der Waals surface area contributed by atoms with Crippen LogP contribution in [0.1, 0.15) is 12.7 Å². The first-order valence-corrected chi connectivity index (χ1v) is 12.1. The fraction of sp³-hybridized carbons (Fsp3) is 0.471. The molecule has 0 spiro atoms. The molecule has 0 aromatic carbocycles. The predicted molar refractivity (Wildman–Crippen MR) is 120 cm³/mol. The molecule has 3 rings (SSSR count). The Morgan fingerprint density at radius 2 is 2.38 bits per heavy atom. The van der Waals surface area contributed by atoms with Crippen LogP contribution in [0.3, 0.4) is 0 Å². The summed E-state index contributed by atoms with van der Waals surface area (Å²) in [6, 6.07) is 1.01. The molecule has 2 saturated heterocycles. The quantitative estimate of drug-likeness (QED) is 0.182. The highest BCUT2D eigenvalue weighted by molar-refractivity contribution is 8.02. The molecule has 170 valence electrons. The van der Waals surface area contributed by atoms with Gasteiger partial charge in [0.1, 0.15) is 23.4 Å². The van der Waals surface area contributed by atoms with Crippen LogP contribution in [-0.4, -0.2) is 78.9 Å². The van der Waals surface area contributed by atoms with Crippen molar-refractivity contribution in [3.05, 3.63) is 17.3 Å². The molecule has 0 aliphatic carbocycles. The normalized spacial score (nSPS) is 25.1. The number of allylic oxidation sites excluding steroid dienone is 1. The van der Waals surface area contributed by atoms with Gasteiger partial charge in [-0.15, -0.1) is 23.5 Å². The van der Waals surface area contributed by atoms with Crippen molar-refractivity contribution in [1.82, 2.24) is 19.6 Å². The van der Waals surface area contributed by atoms with Gasteiger partial charge in [-0.25, -0.2) is 0 Å². The zero-order chi connectivity index (χ0) is 23.3. The van der Waals surface area contributed by atoms with Gasteiger partial charge in [-0.2, -0.15) is 14.6 Å². The van der Waals surface area contributed by atoms with E-state index in [0.29, 0.717) is 0 Å². The van der Waals surface area contributed by atoms with E-state index in [9.17, 15) is 19.5 Å². The number of nitriles is 1. The summed E-state index contributed by atoms with van der Waals surface area (Å²) in [5, 5.41) is 26.0. The molecule has 2 aliphatic rings. The minimum absolute atomic E-state index is 0.00859. The van der Waals surface area contributed by atoms with Crippen LogP contribution < -0.4 is 11.1 Å². The molecule has 2 unspecified atom stereocenters. The molecule has 2 amide bonds. The van der Waals surface area contributed by atoms with Crippen molar-refractivity contribution in [3.8, 4) is 6.07 Å². The molecule has 2 fully saturated rings. The summed E-state index contributed by atoms with van der Waals surface area (Å²) < 4.78 is 3.96. The molecule has 1 aromatic heterocycles. The number of rotatable bonds is 9. The largest absolute Gasteiger partial charge is 0.481 e. The monoisotopic (exact) mass is 497 g/mol. The van der Waals surface area contributed by atoms with Gasteiger partial charge in [0.05, 0.1) is 6.07 Å². The van der Waals surface area contributed by atoms with Crippen LogP contribution in [-0.2, 0) is 19.2 Å². The van der Waals surface area contributed by atoms with Crippen LogP contribution in [0.15, 0.2) is 16.6 Å². The van der Waals surface area contributed by atoms with Crippen molar-refractivity contribution in [1.29, 1.82) is 5.26 Å². The Kier molecular flexibility index (Phi) is 7.59. The zero-order valence-electron chi connectivity index (χ0n) is 16.8. The Morgan fingerprint density at radius 3 is 3.00 bits per heavy atom. The molecule has 0 radical (unpaired) electrons. The molecule has 15 heteroatoms. The third-order valence-corrected chi connectivity index (χ3v) is 7.81. The smallest absolute Gasteiger partial charge is 0.313 e. The maximum atomic E-state index is 12.8. The number of nitrogens with two attached hydrogens (primary N) is 1. The van der Waals surface area contributed by atoms with Crippen molar-refractivity contribution in [2.24, 2.45) is 10.6 Å². The summed E-state index contributed by atoms with van der Waals surface area (Å²) in [6.07, 6.45) is 1.27. The minimum atomic E-state index is -1.15. The summed E-state index contributed by atoms with van der Waals surface area (Å²) in [4.78, 5) is 47.8. The Bertz CT molecular complexity index is 1010. The number of nitrogens with one attached hydrogen (secondary N) is 1. The van der Waals surface area contributed by atoms with Gasteiger partial charge in [0.25, 0.3) is 5.91 Å². The number of hydrogen-bond acceptors (Lipinski definition) is 12. The van der Waals surface area contributed by atoms with Gasteiger partial charge in [0.2, 0.25) is 17.4 Å². The van der Waals surface area contributed by atoms with Gasteiger partial charge in [0, 0.05) is 35.7 Å². The van der Waals surface area contributed by atoms with Crippen LogP contribution >= 0.6 is 35.1 Å². The molecular formula is C17H19N7O5S3. The molecule has 4 N–H and O–H groups in total. The van der Waals surface area contributed by atoms with E-state index in [4.69, 9.17) is 15.8 Å². The highest BCUT2D eigenvalue weighted by atomic mass is 32.2. The van der Waals surface area contributed by atoms with Crippen LogP contribution in [0.25, 0.3) is 0 Å². The molecule has 3 heterocycles. The Balaban J connectivity index is 1.68. The van der Waals surface area contributed by atoms with Crippen LogP contribution in [0, 0.1) is 16.7 Å².